The molecule has 2 N–H and O–H groups in total. The van der Waals surface area contributed by atoms with E-state index in [1.54, 1.807) is 7.11 Å². The Balaban J connectivity index is 1.88. The van der Waals surface area contributed by atoms with Crippen LogP contribution in [0.25, 0.3) is 0 Å². The molecule has 8 heteroatoms. The van der Waals surface area contributed by atoms with E-state index in [4.69, 9.17) is 9.47 Å². The first-order valence-corrected chi connectivity index (χ1v) is 8.16. The van der Waals surface area contributed by atoms with E-state index in [2.05, 4.69) is 10.6 Å². The van der Waals surface area contributed by atoms with Crippen LogP contribution in [0.2, 0.25) is 0 Å². The molecule has 0 saturated carbocycles. The summed E-state index contributed by atoms with van der Waals surface area (Å²) in [5.41, 5.74) is -1.42. The molecule has 0 atom stereocenters. The van der Waals surface area contributed by atoms with Gasteiger partial charge < -0.3 is 20.1 Å². The summed E-state index contributed by atoms with van der Waals surface area (Å²) in [6.45, 7) is 1.86. The maximum Gasteiger partial charge on any atom is 0.419 e. The summed E-state index contributed by atoms with van der Waals surface area (Å²) in [6, 6.07) is 5.02. The van der Waals surface area contributed by atoms with E-state index in [-0.39, 0.29) is 24.8 Å². The lowest BCUT2D eigenvalue weighted by atomic mass is 9.78. The number of benzene rings is 1. The number of amides is 1. The van der Waals surface area contributed by atoms with Crippen molar-refractivity contribution in [3.8, 4) is 5.75 Å². The zero-order valence-electron chi connectivity index (χ0n) is 14.1. The molecule has 0 aliphatic carbocycles. The van der Waals surface area contributed by atoms with Crippen LogP contribution in [0.3, 0.4) is 0 Å². The van der Waals surface area contributed by atoms with Crippen LogP contribution in [0.4, 0.5) is 13.2 Å². The molecule has 1 aliphatic rings. The number of methoxy groups -OCH3 is 1. The number of piperidine rings is 1. The van der Waals surface area contributed by atoms with Crippen molar-refractivity contribution in [3.63, 3.8) is 0 Å². The molecule has 5 nitrogen and oxygen atoms in total. The van der Waals surface area contributed by atoms with E-state index in [1.807, 2.05) is 0 Å². The Kier molecular flexibility index (Phi) is 6.66. The van der Waals surface area contributed by atoms with E-state index in [9.17, 15) is 18.0 Å². The molecule has 1 saturated heterocycles. The average Bonchev–Trinajstić information content (AvgIpc) is 2.59. The number of rotatable bonds is 7. The highest BCUT2D eigenvalue weighted by Gasteiger charge is 2.39. The second-order valence-electron chi connectivity index (χ2n) is 6.06. The number of hydrogen-bond donors (Lipinski definition) is 2. The summed E-state index contributed by atoms with van der Waals surface area (Å²) in [5.74, 6) is -0.388. The largest absolute Gasteiger partial charge is 0.491 e. The molecule has 0 radical (unpaired) electrons. The molecule has 140 valence electrons. The van der Waals surface area contributed by atoms with Crippen molar-refractivity contribution in [2.75, 3.05) is 40.0 Å². The lowest BCUT2D eigenvalue weighted by Crippen LogP contribution is -2.50. The van der Waals surface area contributed by atoms with Crippen LogP contribution in [0.1, 0.15) is 18.4 Å². The first-order valence-electron chi connectivity index (χ1n) is 8.16. The summed E-state index contributed by atoms with van der Waals surface area (Å²) in [6.07, 6.45) is -3.16. The van der Waals surface area contributed by atoms with Crippen LogP contribution in [0.15, 0.2) is 24.3 Å². The van der Waals surface area contributed by atoms with Crippen molar-refractivity contribution in [1.29, 1.82) is 0 Å². The van der Waals surface area contributed by atoms with Gasteiger partial charge in [-0.1, -0.05) is 12.1 Å². The number of ether oxygens (including phenoxy) is 2. The van der Waals surface area contributed by atoms with E-state index in [1.165, 1.54) is 18.2 Å². The SMILES string of the molecule is COCC1(C(=O)NCCOc2ccccc2C(F)(F)F)CCNCC1. The Morgan fingerprint density at radius 1 is 1.28 bits per heavy atom. The van der Waals surface area contributed by atoms with Crippen LogP contribution in [-0.2, 0) is 15.7 Å². The fourth-order valence-electron chi connectivity index (χ4n) is 2.96. The molecule has 0 bridgehead atoms. The lowest BCUT2D eigenvalue weighted by Gasteiger charge is -2.35. The third-order valence-electron chi connectivity index (χ3n) is 4.30. The second-order valence-corrected chi connectivity index (χ2v) is 6.06. The van der Waals surface area contributed by atoms with Crippen molar-refractivity contribution in [3.05, 3.63) is 29.8 Å². The normalized spacial score (nSPS) is 17.1. The van der Waals surface area contributed by atoms with Crippen molar-refractivity contribution in [1.82, 2.24) is 10.6 Å². The minimum atomic E-state index is -4.47. The summed E-state index contributed by atoms with van der Waals surface area (Å²) in [5, 5.41) is 5.95. The van der Waals surface area contributed by atoms with Gasteiger partial charge in [0.1, 0.15) is 12.4 Å². The topological polar surface area (TPSA) is 59.6 Å². The van der Waals surface area contributed by atoms with Gasteiger partial charge in [-0.25, -0.2) is 0 Å². The predicted octanol–water partition coefficient (Wildman–Crippen LogP) is 2.22. The van der Waals surface area contributed by atoms with Crippen molar-refractivity contribution < 1.29 is 27.4 Å². The maximum absolute atomic E-state index is 12.9. The molecule has 25 heavy (non-hydrogen) atoms. The highest BCUT2D eigenvalue weighted by molar-refractivity contribution is 5.83. The molecular weight excluding hydrogens is 337 g/mol. The van der Waals surface area contributed by atoms with Gasteiger partial charge in [0.15, 0.2) is 0 Å². The predicted molar refractivity (Wildman–Crippen MR) is 86.4 cm³/mol. The van der Waals surface area contributed by atoms with Crippen LogP contribution in [0, 0.1) is 5.41 Å². The van der Waals surface area contributed by atoms with Crippen LogP contribution in [-0.4, -0.2) is 45.9 Å². The summed E-state index contributed by atoms with van der Waals surface area (Å²) in [7, 11) is 1.55. The van der Waals surface area contributed by atoms with Gasteiger partial charge in [-0.05, 0) is 38.1 Å². The van der Waals surface area contributed by atoms with Gasteiger partial charge >= 0.3 is 6.18 Å². The highest BCUT2D eigenvalue weighted by atomic mass is 19.4. The Labute approximate surface area is 144 Å². The van der Waals surface area contributed by atoms with Gasteiger partial charge in [0.2, 0.25) is 5.91 Å². The third-order valence-corrected chi connectivity index (χ3v) is 4.30. The summed E-state index contributed by atoms with van der Waals surface area (Å²) >= 11 is 0. The molecule has 1 aromatic carbocycles. The van der Waals surface area contributed by atoms with Crippen molar-refractivity contribution in [2.24, 2.45) is 5.41 Å². The first-order chi connectivity index (χ1) is 11.9. The van der Waals surface area contributed by atoms with Gasteiger partial charge in [0.05, 0.1) is 24.1 Å². The van der Waals surface area contributed by atoms with Crippen LogP contribution >= 0.6 is 0 Å². The number of alkyl halides is 3. The second kappa shape index (κ2) is 8.53. The fraction of sp³-hybridized carbons (Fsp3) is 0.588. The van der Waals surface area contributed by atoms with Gasteiger partial charge in [-0.2, -0.15) is 13.2 Å². The zero-order valence-corrected chi connectivity index (χ0v) is 14.1. The molecule has 1 aliphatic heterocycles. The maximum atomic E-state index is 12.9. The Morgan fingerprint density at radius 3 is 2.60 bits per heavy atom. The molecule has 0 aromatic heterocycles. The van der Waals surface area contributed by atoms with Gasteiger partial charge in [0.25, 0.3) is 0 Å². The molecular formula is C17H23F3N2O3. The van der Waals surface area contributed by atoms with Gasteiger partial charge in [-0.15, -0.1) is 0 Å². The van der Waals surface area contributed by atoms with Crippen LogP contribution < -0.4 is 15.4 Å². The lowest BCUT2D eigenvalue weighted by molar-refractivity contribution is -0.139. The number of nitrogens with one attached hydrogen (secondary N) is 2. The number of halogens is 3. The molecule has 2 rings (SSSR count). The standard InChI is InChI=1S/C17H23F3N2O3/c1-24-12-16(6-8-21-9-7-16)15(23)22-10-11-25-14-5-3-2-4-13(14)17(18,19)20/h2-5,21H,6-12H2,1H3,(H,22,23). The zero-order chi connectivity index (χ0) is 18.3. The molecule has 0 unspecified atom stereocenters. The minimum Gasteiger partial charge on any atom is -0.491 e. The number of carbonyl (C=O) groups excluding carboxylic acids is 1. The molecule has 1 aromatic rings. The van der Waals surface area contributed by atoms with Crippen molar-refractivity contribution >= 4 is 5.91 Å². The quantitative estimate of drug-likeness (QED) is 0.732. The molecule has 1 fully saturated rings. The Hall–Kier alpha value is -1.80. The molecule has 1 amide bonds. The first kappa shape index (κ1) is 19.5. The van der Waals surface area contributed by atoms with E-state index >= 15 is 0 Å². The van der Waals surface area contributed by atoms with E-state index in [0.717, 1.165) is 19.2 Å². The molecule has 0 spiro atoms. The van der Waals surface area contributed by atoms with E-state index in [0.29, 0.717) is 19.4 Å². The summed E-state index contributed by atoms with van der Waals surface area (Å²) < 4.78 is 49.1. The monoisotopic (exact) mass is 360 g/mol. The minimum absolute atomic E-state index is 0.0415. The van der Waals surface area contributed by atoms with Crippen molar-refractivity contribution in [2.45, 2.75) is 19.0 Å². The number of para-hydroxylation sites is 1. The Bertz CT molecular complexity index is 567. The number of hydrogen-bond acceptors (Lipinski definition) is 4. The summed E-state index contributed by atoms with van der Waals surface area (Å²) in [4.78, 5) is 12.5. The third kappa shape index (κ3) is 5.09. The van der Waals surface area contributed by atoms with Gasteiger partial charge in [0, 0.05) is 7.11 Å². The highest BCUT2D eigenvalue weighted by Crippen LogP contribution is 2.35. The Morgan fingerprint density at radius 2 is 1.96 bits per heavy atom. The average molecular weight is 360 g/mol. The van der Waals surface area contributed by atoms with Gasteiger partial charge in [-0.3, -0.25) is 4.79 Å². The fourth-order valence-corrected chi connectivity index (χ4v) is 2.96. The van der Waals surface area contributed by atoms with Crippen LogP contribution in [0.5, 0.6) is 5.75 Å². The smallest absolute Gasteiger partial charge is 0.419 e. The molecule has 1 heterocycles. The number of carbonyl (C=O) groups is 1. The van der Waals surface area contributed by atoms with E-state index < -0.39 is 17.2 Å².